The number of carbonyl (C=O) groups excluding carboxylic acids is 2. The van der Waals surface area contributed by atoms with Gasteiger partial charge in [0, 0.05) is 18.8 Å². The van der Waals surface area contributed by atoms with Crippen molar-refractivity contribution >= 4 is 17.8 Å². The van der Waals surface area contributed by atoms with Crippen LogP contribution in [0.3, 0.4) is 0 Å². The summed E-state index contributed by atoms with van der Waals surface area (Å²) in [7, 11) is 1.31. The molecule has 0 saturated carbocycles. The van der Waals surface area contributed by atoms with Crippen LogP contribution in [0.15, 0.2) is 18.2 Å². The second kappa shape index (κ2) is 6.36. The summed E-state index contributed by atoms with van der Waals surface area (Å²) in [6.07, 6.45) is 2.00. The number of aryl methyl sites for hydroxylation is 1. The normalized spacial score (nSPS) is 14.2. The third-order valence-electron chi connectivity index (χ3n) is 3.27. The summed E-state index contributed by atoms with van der Waals surface area (Å²) in [6.45, 7) is 3.17. The van der Waals surface area contributed by atoms with Gasteiger partial charge in [-0.2, -0.15) is 0 Å². The van der Waals surface area contributed by atoms with Gasteiger partial charge in [0.25, 0.3) is 0 Å². The maximum Gasteiger partial charge on any atom is 0.326 e. The van der Waals surface area contributed by atoms with Gasteiger partial charge in [0.05, 0.1) is 7.11 Å². The Bertz CT molecular complexity index is 498. The Hall–Kier alpha value is -2.11. The van der Waals surface area contributed by atoms with E-state index in [1.165, 1.54) is 12.0 Å². The molecule has 1 aliphatic rings. The summed E-state index contributed by atoms with van der Waals surface area (Å²) in [4.78, 5) is 31.5. The fraction of sp³-hybridized carbons (Fsp3) is 0.500. The van der Waals surface area contributed by atoms with E-state index in [1.54, 1.807) is 11.0 Å². The maximum atomic E-state index is 12.5. The lowest BCUT2D eigenvalue weighted by atomic mass is 10.3. The minimum absolute atomic E-state index is 0.123. The molecule has 2 heterocycles. The fourth-order valence-electron chi connectivity index (χ4n) is 2.20. The van der Waals surface area contributed by atoms with Crippen molar-refractivity contribution in [2.24, 2.45) is 0 Å². The Morgan fingerprint density at radius 3 is 2.65 bits per heavy atom. The van der Waals surface area contributed by atoms with E-state index in [-0.39, 0.29) is 12.6 Å². The zero-order chi connectivity index (χ0) is 14.5. The van der Waals surface area contributed by atoms with Gasteiger partial charge in [-0.1, -0.05) is 6.07 Å². The minimum atomic E-state index is -0.458. The number of nitrogens with zero attached hydrogens (tertiary/aromatic N) is 3. The van der Waals surface area contributed by atoms with Crippen molar-refractivity contribution in [3.8, 4) is 0 Å². The molecule has 0 aromatic carbocycles. The van der Waals surface area contributed by atoms with Crippen LogP contribution in [-0.2, 0) is 9.53 Å². The summed E-state index contributed by atoms with van der Waals surface area (Å²) in [5.74, 6) is 0.0214. The van der Waals surface area contributed by atoms with Crippen LogP contribution in [0.25, 0.3) is 0 Å². The Balaban J connectivity index is 2.23. The second-order valence-electron chi connectivity index (χ2n) is 4.78. The van der Waals surface area contributed by atoms with E-state index in [0.717, 1.165) is 31.6 Å². The van der Waals surface area contributed by atoms with Crippen LogP contribution in [-0.4, -0.2) is 48.6 Å². The topological polar surface area (TPSA) is 62.7 Å². The van der Waals surface area contributed by atoms with E-state index in [9.17, 15) is 9.59 Å². The maximum absolute atomic E-state index is 12.5. The van der Waals surface area contributed by atoms with Crippen molar-refractivity contribution in [2.75, 3.05) is 31.6 Å². The number of pyridine rings is 1. The first-order valence-corrected chi connectivity index (χ1v) is 6.68. The van der Waals surface area contributed by atoms with Crippen LogP contribution >= 0.6 is 0 Å². The summed E-state index contributed by atoms with van der Waals surface area (Å²) in [5.41, 5.74) is 0.798. The minimum Gasteiger partial charge on any atom is -0.468 e. The number of aromatic nitrogens is 1. The smallest absolute Gasteiger partial charge is 0.326 e. The molecule has 1 aliphatic heterocycles. The highest BCUT2D eigenvalue weighted by Gasteiger charge is 2.27. The monoisotopic (exact) mass is 277 g/mol. The highest BCUT2D eigenvalue weighted by Crippen LogP contribution is 2.17. The van der Waals surface area contributed by atoms with Crippen LogP contribution in [0.5, 0.6) is 0 Å². The number of methoxy groups -OCH3 is 1. The molecule has 6 heteroatoms. The zero-order valence-electron chi connectivity index (χ0n) is 11.8. The number of amides is 2. The van der Waals surface area contributed by atoms with Gasteiger partial charge in [0.15, 0.2) is 0 Å². The first-order valence-electron chi connectivity index (χ1n) is 6.68. The largest absolute Gasteiger partial charge is 0.468 e. The summed E-state index contributed by atoms with van der Waals surface area (Å²) >= 11 is 0. The number of urea groups is 1. The number of likely N-dealkylation sites (tertiary alicyclic amines) is 1. The highest BCUT2D eigenvalue weighted by atomic mass is 16.5. The Morgan fingerprint density at radius 1 is 1.35 bits per heavy atom. The molecular formula is C14H19N3O3. The fourth-order valence-corrected chi connectivity index (χ4v) is 2.20. The molecule has 6 nitrogen and oxygen atoms in total. The van der Waals surface area contributed by atoms with Gasteiger partial charge >= 0.3 is 12.0 Å². The van der Waals surface area contributed by atoms with Crippen molar-refractivity contribution in [1.82, 2.24) is 9.88 Å². The highest BCUT2D eigenvalue weighted by molar-refractivity contribution is 5.95. The van der Waals surface area contributed by atoms with Crippen molar-refractivity contribution in [1.29, 1.82) is 0 Å². The molecule has 0 atom stereocenters. The Labute approximate surface area is 118 Å². The van der Waals surface area contributed by atoms with Crippen LogP contribution in [0.4, 0.5) is 10.6 Å². The molecule has 0 aliphatic carbocycles. The third kappa shape index (κ3) is 3.26. The Kier molecular flexibility index (Phi) is 4.55. The van der Waals surface area contributed by atoms with Gasteiger partial charge in [-0.25, -0.2) is 9.78 Å². The van der Waals surface area contributed by atoms with Gasteiger partial charge in [0.1, 0.15) is 12.4 Å². The molecule has 1 fully saturated rings. The first kappa shape index (κ1) is 14.3. The van der Waals surface area contributed by atoms with E-state index in [2.05, 4.69) is 9.72 Å². The van der Waals surface area contributed by atoms with E-state index in [1.807, 2.05) is 19.1 Å². The van der Waals surface area contributed by atoms with Gasteiger partial charge in [-0.15, -0.1) is 0 Å². The van der Waals surface area contributed by atoms with Crippen LogP contribution in [0.1, 0.15) is 18.5 Å². The van der Waals surface area contributed by atoms with E-state index < -0.39 is 5.97 Å². The number of carbonyl (C=O) groups is 2. The van der Waals surface area contributed by atoms with Crippen molar-refractivity contribution in [3.63, 3.8) is 0 Å². The molecule has 2 amide bonds. The molecule has 0 radical (unpaired) electrons. The molecule has 1 saturated heterocycles. The molecule has 20 heavy (non-hydrogen) atoms. The SMILES string of the molecule is COC(=O)CN(C(=O)N1CCCC1)c1cccc(C)n1. The molecular weight excluding hydrogens is 258 g/mol. The van der Waals surface area contributed by atoms with Crippen LogP contribution in [0.2, 0.25) is 0 Å². The standard InChI is InChI=1S/C14H19N3O3/c1-11-6-5-7-12(15-11)17(10-13(18)20-2)14(19)16-8-3-4-9-16/h5-7H,3-4,8-10H2,1-2H3. The third-order valence-corrected chi connectivity index (χ3v) is 3.27. The number of rotatable bonds is 3. The predicted octanol–water partition coefficient (Wildman–Crippen LogP) is 1.59. The summed E-state index contributed by atoms with van der Waals surface area (Å²) in [6, 6.07) is 5.20. The summed E-state index contributed by atoms with van der Waals surface area (Å²) in [5, 5.41) is 0. The zero-order valence-corrected chi connectivity index (χ0v) is 11.8. The molecule has 1 aromatic heterocycles. The average molecular weight is 277 g/mol. The molecule has 0 spiro atoms. The molecule has 1 aromatic rings. The number of hydrogen-bond acceptors (Lipinski definition) is 4. The van der Waals surface area contributed by atoms with Crippen molar-refractivity contribution in [2.45, 2.75) is 19.8 Å². The van der Waals surface area contributed by atoms with Crippen LogP contribution < -0.4 is 4.90 Å². The molecule has 0 N–H and O–H groups in total. The van der Waals surface area contributed by atoms with Crippen molar-refractivity contribution in [3.05, 3.63) is 23.9 Å². The second-order valence-corrected chi connectivity index (χ2v) is 4.78. The number of esters is 1. The lowest BCUT2D eigenvalue weighted by Crippen LogP contribution is -2.45. The first-order chi connectivity index (χ1) is 9.61. The van der Waals surface area contributed by atoms with Crippen molar-refractivity contribution < 1.29 is 14.3 Å². The van der Waals surface area contributed by atoms with E-state index in [0.29, 0.717) is 5.82 Å². The number of hydrogen-bond donors (Lipinski definition) is 0. The van der Waals surface area contributed by atoms with E-state index in [4.69, 9.17) is 0 Å². The number of ether oxygens (including phenoxy) is 1. The average Bonchev–Trinajstić information content (AvgIpc) is 2.97. The molecule has 0 unspecified atom stereocenters. The van der Waals surface area contributed by atoms with Gasteiger partial charge < -0.3 is 9.64 Å². The number of anilines is 1. The predicted molar refractivity (Wildman–Crippen MR) is 74.5 cm³/mol. The molecule has 0 bridgehead atoms. The van der Waals surface area contributed by atoms with E-state index >= 15 is 0 Å². The molecule has 2 rings (SSSR count). The van der Waals surface area contributed by atoms with Gasteiger partial charge in [-0.05, 0) is 31.9 Å². The quantitative estimate of drug-likeness (QED) is 0.787. The lowest BCUT2D eigenvalue weighted by Gasteiger charge is -2.26. The van der Waals surface area contributed by atoms with Gasteiger partial charge in [-0.3, -0.25) is 9.69 Å². The summed E-state index contributed by atoms with van der Waals surface area (Å²) < 4.78 is 4.67. The lowest BCUT2D eigenvalue weighted by molar-refractivity contribution is -0.138. The van der Waals surface area contributed by atoms with Crippen LogP contribution in [0, 0.1) is 6.92 Å². The van der Waals surface area contributed by atoms with Gasteiger partial charge in [0.2, 0.25) is 0 Å². The Morgan fingerprint density at radius 2 is 2.05 bits per heavy atom. The molecule has 108 valence electrons.